The standard InChI is InChI=1S/C15H18N2O2S/c1-11-7-13(10-17-9-11)15(16-2)12-5-4-6-14(8-12)20(3,18)19/h4-10,15-16H,1-3H3. The average molecular weight is 290 g/mol. The molecular formula is C15H18N2O2S. The molecule has 20 heavy (non-hydrogen) atoms. The summed E-state index contributed by atoms with van der Waals surface area (Å²) in [5.74, 6) is 0. The van der Waals surface area contributed by atoms with Gasteiger partial charge in [-0.15, -0.1) is 0 Å². The summed E-state index contributed by atoms with van der Waals surface area (Å²) in [6.07, 6.45) is 4.80. The Hall–Kier alpha value is -1.72. The topological polar surface area (TPSA) is 59.1 Å². The molecule has 0 radical (unpaired) electrons. The predicted molar refractivity (Wildman–Crippen MR) is 79.4 cm³/mol. The van der Waals surface area contributed by atoms with Crippen LogP contribution >= 0.6 is 0 Å². The molecule has 1 atom stereocenters. The van der Waals surface area contributed by atoms with Crippen LogP contribution in [0, 0.1) is 6.92 Å². The molecule has 2 aromatic rings. The van der Waals surface area contributed by atoms with Crippen LogP contribution in [-0.4, -0.2) is 26.7 Å². The smallest absolute Gasteiger partial charge is 0.175 e. The Labute approximate surface area is 119 Å². The maximum absolute atomic E-state index is 11.7. The van der Waals surface area contributed by atoms with Gasteiger partial charge < -0.3 is 5.32 Å². The Morgan fingerprint density at radius 2 is 1.90 bits per heavy atom. The first-order valence-electron chi connectivity index (χ1n) is 6.30. The third kappa shape index (κ3) is 3.23. The van der Waals surface area contributed by atoms with E-state index >= 15 is 0 Å². The van der Waals surface area contributed by atoms with Crippen LogP contribution in [-0.2, 0) is 9.84 Å². The second-order valence-electron chi connectivity index (χ2n) is 4.86. The van der Waals surface area contributed by atoms with Crippen LogP contribution in [0.2, 0.25) is 0 Å². The molecule has 1 heterocycles. The van der Waals surface area contributed by atoms with Crippen molar-refractivity contribution in [3.05, 3.63) is 59.4 Å². The lowest BCUT2D eigenvalue weighted by Gasteiger charge is -2.18. The van der Waals surface area contributed by atoms with E-state index in [1.165, 1.54) is 6.26 Å². The zero-order chi connectivity index (χ0) is 14.8. The number of aryl methyl sites for hydroxylation is 1. The quantitative estimate of drug-likeness (QED) is 0.937. The maximum Gasteiger partial charge on any atom is 0.175 e. The van der Waals surface area contributed by atoms with E-state index in [1.54, 1.807) is 30.6 Å². The first-order chi connectivity index (χ1) is 9.41. The van der Waals surface area contributed by atoms with Gasteiger partial charge in [-0.3, -0.25) is 4.98 Å². The molecule has 1 N–H and O–H groups in total. The van der Waals surface area contributed by atoms with Crippen molar-refractivity contribution in [3.8, 4) is 0 Å². The lowest BCUT2D eigenvalue weighted by atomic mass is 9.99. The third-order valence-corrected chi connectivity index (χ3v) is 4.25. The SMILES string of the molecule is CNC(c1cncc(C)c1)c1cccc(S(C)(=O)=O)c1. The molecule has 0 bridgehead atoms. The molecule has 1 aromatic carbocycles. The fourth-order valence-electron chi connectivity index (χ4n) is 2.19. The van der Waals surface area contributed by atoms with E-state index in [-0.39, 0.29) is 6.04 Å². The molecule has 4 nitrogen and oxygen atoms in total. The number of sulfone groups is 1. The van der Waals surface area contributed by atoms with Crippen LogP contribution < -0.4 is 5.32 Å². The summed E-state index contributed by atoms with van der Waals surface area (Å²) < 4.78 is 23.3. The molecular weight excluding hydrogens is 272 g/mol. The van der Waals surface area contributed by atoms with E-state index < -0.39 is 9.84 Å². The lowest BCUT2D eigenvalue weighted by Crippen LogP contribution is -2.18. The van der Waals surface area contributed by atoms with Gasteiger partial charge >= 0.3 is 0 Å². The van der Waals surface area contributed by atoms with Gasteiger partial charge in [-0.25, -0.2) is 8.42 Å². The van der Waals surface area contributed by atoms with E-state index in [1.807, 2.05) is 26.1 Å². The molecule has 0 aliphatic carbocycles. The van der Waals surface area contributed by atoms with E-state index in [4.69, 9.17) is 0 Å². The van der Waals surface area contributed by atoms with Crippen molar-refractivity contribution in [1.82, 2.24) is 10.3 Å². The molecule has 0 aliphatic rings. The first-order valence-corrected chi connectivity index (χ1v) is 8.20. The molecule has 106 valence electrons. The fraction of sp³-hybridized carbons (Fsp3) is 0.267. The number of pyridine rings is 1. The first kappa shape index (κ1) is 14.7. The highest BCUT2D eigenvalue weighted by molar-refractivity contribution is 7.90. The zero-order valence-electron chi connectivity index (χ0n) is 11.8. The van der Waals surface area contributed by atoms with E-state index in [9.17, 15) is 8.42 Å². The highest BCUT2D eigenvalue weighted by atomic mass is 32.2. The predicted octanol–water partition coefficient (Wildman–Crippen LogP) is 2.10. The van der Waals surface area contributed by atoms with Gasteiger partial charge in [0.25, 0.3) is 0 Å². The minimum absolute atomic E-state index is 0.0795. The summed E-state index contributed by atoms with van der Waals surface area (Å²) in [6, 6.07) is 8.96. The number of aromatic nitrogens is 1. The molecule has 0 aliphatic heterocycles. The molecule has 5 heteroatoms. The van der Waals surface area contributed by atoms with Crippen LogP contribution in [0.5, 0.6) is 0 Å². The Kier molecular flexibility index (Phi) is 4.20. The summed E-state index contributed by atoms with van der Waals surface area (Å²) >= 11 is 0. The van der Waals surface area contributed by atoms with Crippen molar-refractivity contribution in [1.29, 1.82) is 0 Å². The highest BCUT2D eigenvalue weighted by Gasteiger charge is 2.15. The Morgan fingerprint density at radius 3 is 2.50 bits per heavy atom. The monoisotopic (exact) mass is 290 g/mol. The average Bonchev–Trinajstić information content (AvgIpc) is 2.39. The van der Waals surface area contributed by atoms with Crippen molar-refractivity contribution in [2.24, 2.45) is 0 Å². The summed E-state index contributed by atoms with van der Waals surface area (Å²) in [6.45, 7) is 1.98. The van der Waals surface area contributed by atoms with E-state index in [0.29, 0.717) is 4.90 Å². The summed E-state index contributed by atoms with van der Waals surface area (Å²) in [5, 5.41) is 3.21. The van der Waals surface area contributed by atoms with Crippen molar-refractivity contribution in [2.45, 2.75) is 17.9 Å². The molecule has 2 rings (SSSR count). The van der Waals surface area contributed by atoms with Crippen molar-refractivity contribution in [2.75, 3.05) is 13.3 Å². The summed E-state index contributed by atoms with van der Waals surface area (Å²) in [7, 11) is -1.35. The Balaban J connectivity index is 2.48. The van der Waals surface area contributed by atoms with Gasteiger partial charge in [0, 0.05) is 18.6 Å². The number of benzene rings is 1. The van der Waals surface area contributed by atoms with Crippen molar-refractivity contribution >= 4 is 9.84 Å². The molecule has 0 spiro atoms. The largest absolute Gasteiger partial charge is 0.309 e. The Morgan fingerprint density at radius 1 is 1.15 bits per heavy atom. The normalized spacial score (nSPS) is 13.2. The highest BCUT2D eigenvalue weighted by Crippen LogP contribution is 2.24. The summed E-state index contributed by atoms with van der Waals surface area (Å²) in [4.78, 5) is 4.52. The van der Waals surface area contributed by atoms with E-state index in [0.717, 1.165) is 16.7 Å². The maximum atomic E-state index is 11.7. The van der Waals surface area contributed by atoms with Crippen LogP contribution in [0.25, 0.3) is 0 Å². The number of nitrogens with one attached hydrogen (secondary N) is 1. The second-order valence-corrected chi connectivity index (χ2v) is 6.88. The zero-order valence-corrected chi connectivity index (χ0v) is 12.6. The van der Waals surface area contributed by atoms with Crippen molar-refractivity contribution in [3.63, 3.8) is 0 Å². The minimum atomic E-state index is -3.20. The minimum Gasteiger partial charge on any atom is -0.309 e. The van der Waals surface area contributed by atoms with Gasteiger partial charge in [-0.2, -0.15) is 0 Å². The van der Waals surface area contributed by atoms with E-state index in [2.05, 4.69) is 10.3 Å². The molecule has 0 saturated heterocycles. The second kappa shape index (κ2) is 5.73. The van der Waals surface area contributed by atoms with Gasteiger partial charge in [-0.1, -0.05) is 18.2 Å². The lowest BCUT2D eigenvalue weighted by molar-refractivity contribution is 0.601. The van der Waals surface area contributed by atoms with Gasteiger partial charge in [0.2, 0.25) is 0 Å². The van der Waals surface area contributed by atoms with Gasteiger partial charge in [0.15, 0.2) is 9.84 Å². The van der Waals surface area contributed by atoms with Crippen LogP contribution in [0.1, 0.15) is 22.7 Å². The molecule has 0 saturated carbocycles. The van der Waals surface area contributed by atoms with Crippen molar-refractivity contribution < 1.29 is 8.42 Å². The fourth-order valence-corrected chi connectivity index (χ4v) is 2.86. The number of nitrogens with zero attached hydrogens (tertiary/aromatic N) is 1. The van der Waals surface area contributed by atoms with Crippen LogP contribution in [0.3, 0.4) is 0 Å². The number of hydrogen-bond donors (Lipinski definition) is 1. The third-order valence-electron chi connectivity index (χ3n) is 3.14. The van der Waals surface area contributed by atoms with Crippen LogP contribution in [0.4, 0.5) is 0 Å². The van der Waals surface area contributed by atoms with Gasteiger partial charge in [-0.05, 0) is 42.8 Å². The van der Waals surface area contributed by atoms with Gasteiger partial charge in [0.1, 0.15) is 0 Å². The molecule has 0 fully saturated rings. The van der Waals surface area contributed by atoms with Gasteiger partial charge in [0.05, 0.1) is 10.9 Å². The summed E-state index contributed by atoms with van der Waals surface area (Å²) in [5.41, 5.74) is 2.99. The molecule has 0 amide bonds. The molecule has 1 unspecified atom stereocenters. The molecule has 1 aromatic heterocycles. The Bertz CT molecular complexity index is 711. The number of hydrogen-bond acceptors (Lipinski definition) is 4. The van der Waals surface area contributed by atoms with Crippen LogP contribution in [0.15, 0.2) is 47.6 Å². The number of rotatable bonds is 4.